The summed E-state index contributed by atoms with van der Waals surface area (Å²) in [5.41, 5.74) is 8.93. The zero-order chi connectivity index (χ0) is 16.9. The number of fused-ring (bicyclic) bond motifs is 1. The first-order valence-corrected chi connectivity index (χ1v) is 10.4. The molecule has 24 heavy (non-hydrogen) atoms. The van der Waals surface area contributed by atoms with E-state index in [1.807, 2.05) is 4.90 Å². The highest BCUT2D eigenvalue weighted by Crippen LogP contribution is 2.30. The molecule has 3 rings (SSSR count). The number of piperidine rings is 1. The quantitative estimate of drug-likeness (QED) is 0.858. The van der Waals surface area contributed by atoms with E-state index in [1.54, 1.807) is 11.8 Å². The monoisotopic (exact) mass is 347 g/mol. The van der Waals surface area contributed by atoms with Gasteiger partial charge in [-0.1, -0.05) is 18.2 Å². The van der Waals surface area contributed by atoms with Crippen LogP contribution in [0.3, 0.4) is 0 Å². The number of nitrogens with two attached hydrogens (primary N) is 1. The molecular formula is C19H29N3OS. The molecule has 4 nitrogen and oxygen atoms in total. The molecule has 0 aliphatic carbocycles. The van der Waals surface area contributed by atoms with E-state index in [9.17, 15) is 4.79 Å². The van der Waals surface area contributed by atoms with Crippen molar-refractivity contribution < 1.29 is 4.79 Å². The number of carbonyl (C=O) groups is 1. The van der Waals surface area contributed by atoms with Crippen molar-refractivity contribution >= 4 is 23.4 Å². The molecule has 132 valence electrons. The second kappa shape index (κ2) is 8.26. The molecule has 0 aromatic heterocycles. The third-order valence-corrected chi connectivity index (χ3v) is 5.98. The van der Waals surface area contributed by atoms with Crippen LogP contribution in [0.4, 0.5) is 5.69 Å². The predicted molar refractivity (Wildman–Crippen MR) is 103 cm³/mol. The summed E-state index contributed by atoms with van der Waals surface area (Å²) in [6.07, 6.45) is 6.20. The molecule has 1 saturated heterocycles. The van der Waals surface area contributed by atoms with Crippen molar-refractivity contribution in [1.82, 2.24) is 4.90 Å². The van der Waals surface area contributed by atoms with Crippen LogP contribution in [0, 0.1) is 5.92 Å². The van der Waals surface area contributed by atoms with E-state index in [1.165, 1.54) is 11.3 Å². The molecule has 1 amide bonds. The number of para-hydroxylation sites is 1. The summed E-state index contributed by atoms with van der Waals surface area (Å²) in [6, 6.07) is 8.43. The van der Waals surface area contributed by atoms with Gasteiger partial charge < -0.3 is 15.5 Å². The largest absolute Gasteiger partial charge is 0.371 e. The predicted octanol–water partition coefficient (Wildman–Crippen LogP) is 2.37. The summed E-state index contributed by atoms with van der Waals surface area (Å²) < 4.78 is 0. The molecule has 0 spiro atoms. The highest BCUT2D eigenvalue weighted by Gasteiger charge is 2.28. The van der Waals surface area contributed by atoms with Crippen LogP contribution in [0.5, 0.6) is 0 Å². The van der Waals surface area contributed by atoms with Crippen LogP contribution in [0.1, 0.15) is 24.8 Å². The molecule has 1 aromatic rings. The van der Waals surface area contributed by atoms with Crippen LogP contribution in [-0.2, 0) is 11.2 Å². The third-order valence-electron chi connectivity index (χ3n) is 5.34. The highest BCUT2D eigenvalue weighted by molar-refractivity contribution is 7.98. The van der Waals surface area contributed by atoms with E-state index in [0.717, 1.165) is 57.6 Å². The van der Waals surface area contributed by atoms with Crippen LogP contribution < -0.4 is 10.6 Å². The molecule has 1 atom stereocenters. The Bertz CT molecular complexity index is 557. The van der Waals surface area contributed by atoms with E-state index in [4.69, 9.17) is 5.73 Å². The SMILES string of the molecule is CSCC[C@H](N)C(=O)N1CCC(CN2CCc3ccccc32)CC1. The Labute approximate surface area is 149 Å². The first kappa shape index (κ1) is 17.6. The minimum Gasteiger partial charge on any atom is -0.371 e. The van der Waals surface area contributed by atoms with E-state index >= 15 is 0 Å². The molecule has 0 bridgehead atoms. The van der Waals surface area contributed by atoms with Gasteiger partial charge >= 0.3 is 0 Å². The van der Waals surface area contributed by atoms with Crippen LogP contribution >= 0.6 is 11.8 Å². The molecule has 5 heteroatoms. The van der Waals surface area contributed by atoms with Crippen molar-refractivity contribution in [3.8, 4) is 0 Å². The molecule has 1 aromatic carbocycles. The van der Waals surface area contributed by atoms with Crippen molar-refractivity contribution in [1.29, 1.82) is 0 Å². The van der Waals surface area contributed by atoms with Gasteiger partial charge in [-0.25, -0.2) is 0 Å². The number of hydrogen-bond acceptors (Lipinski definition) is 4. The van der Waals surface area contributed by atoms with Crippen LogP contribution in [0.2, 0.25) is 0 Å². The van der Waals surface area contributed by atoms with Gasteiger partial charge in [0.05, 0.1) is 6.04 Å². The number of carbonyl (C=O) groups excluding carboxylic acids is 1. The van der Waals surface area contributed by atoms with E-state index in [-0.39, 0.29) is 11.9 Å². The Morgan fingerprint density at radius 2 is 2.04 bits per heavy atom. The average molecular weight is 348 g/mol. The summed E-state index contributed by atoms with van der Waals surface area (Å²) in [7, 11) is 0. The number of thioether (sulfide) groups is 1. The molecule has 1 fully saturated rings. The number of rotatable bonds is 6. The third kappa shape index (κ3) is 4.06. The highest BCUT2D eigenvalue weighted by atomic mass is 32.2. The maximum Gasteiger partial charge on any atom is 0.239 e. The van der Waals surface area contributed by atoms with Crippen molar-refractivity contribution in [2.45, 2.75) is 31.7 Å². The fourth-order valence-electron chi connectivity index (χ4n) is 3.85. The van der Waals surface area contributed by atoms with Gasteiger partial charge in [-0.05, 0) is 55.2 Å². The summed E-state index contributed by atoms with van der Waals surface area (Å²) in [4.78, 5) is 16.9. The zero-order valence-electron chi connectivity index (χ0n) is 14.6. The minimum absolute atomic E-state index is 0.147. The Balaban J connectivity index is 1.47. The normalized spacial score (nSPS) is 19.4. The van der Waals surface area contributed by atoms with Gasteiger partial charge in [-0.15, -0.1) is 0 Å². The Kier molecular flexibility index (Phi) is 6.06. The lowest BCUT2D eigenvalue weighted by atomic mass is 9.95. The van der Waals surface area contributed by atoms with Crippen LogP contribution in [-0.4, -0.2) is 55.0 Å². The molecule has 0 saturated carbocycles. The smallest absolute Gasteiger partial charge is 0.239 e. The molecular weight excluding hydrogens is 318 g/mol. The minimum atomic E-state index is -0.320. The van der Waals surface area contributed by atoms with Gasteiger partial charge in [-0.3, -0.25) is 4.79 Å². The fourth-order valence-corrected chi connectivity index (χ4v) is 4.34. The molecule has 2 heterocycles. The number of nitrogens with zero attached hydrogens (tertiary/aromatic N) is 2. The molecule has 2 aliphatic rings. The van der Waals surface area contributed by atoms with Crippen LogP contribution in [0.25, 0.3) is 0 Å². The lowest BCUT2D eigenvalue weighted by molar-refractivity contribution is -0.134. The maximum absolute atomic E-state index is 12.4. The first-order valence-electron chi connectivity index (χ1n) is 9.05. The standard InChI is InChI=1S/C19H29N3OS/c1-24-13-9-17(20)19(23)21-10-6-15(7-11-21)14-22-12-8-16-4-2-3-5-18(16)22/h2-5,15,17H,6-14,20H2,1H3/t17-/m0/s1. The van der Waals surface area contributed by atoms with Crippen molar-refractivity contribution in [3.05, 3.63) is 29.8 Å². The Hall–Kier alpha value is -1.20. The topological polar surface area (TPSA) is 49.6 Å². The number of hydrogen-bond donors (Lipinski definition) is 1. The Morgan fingerprint density at radius 1 is 1.29 bits per heavy atom. The summed E-state index contributed by atoms with van der Waals surface area (Å²) in [6.45, 7) is 3.99. The van der Waals surface area contributed by atoms with E-state index in [2.05, 4.69) is 35.4 Å². The van der Waals surface area contributed by atoms with Gasteiger partial charge in [0.2, 0.25) is 5.91 Å². The molecule has 2 aliphatic heterocycles. The second-order valence-electron chi connectivity index (χ2n) is 6.98. The summed E-state index contributed by atoms with van der Waals surface area (Å²) in [5, 5.41) is 0. The first-order chi connectivity index (χ1) is 11.7. The van der Waals surface area contributed by atoms with Crippen LogP contribution in [0.15, 0.2) is 24.3 Å². The molecule has 0 unspecified atom stereocenters. The van der Waals surface area contributed by atoms with Crippen molar-refractivity contribution in [2.75, 3.05) is 43.1 Å². The summed E-state index contributed by atoms with van der Waals surface area (Å²) in [5.74, 6) is 1.79. The van der Waals surface area contributed by atoms with Gasteiger partial charge in [0.25, 0.3) is 0 Å². The van der Waals surface area contributed by atoms with Gasteiger partial charge in [-0.2, -0.15) is 11.8 Å². The lowest BCUT2D eigenvalue weighted by Gasteiger charge is -2.35. The van der Waals surface area contributed by atoms with Gasteiger partial charge in [0, 0.05) is 31.9 Å². The Morgan fingerprint density at radius 3 is 2.79 bits per heavy atom. The number of benzene rings is 1. The average Bonchev–Trinajstić information content (AvgIpc) is 3.03. The van der Waals surface area contributed by atoms with Gasteiger partial charge in [0.1, 0.15) is 0 Å². The molecule has 0 radical (unpaired) electrons. The lowest BCUT2D eigenvalue weighted by Crippen LogP contribution is -2.48. The van der Waals surface area contributed by atoms with Crippen molar-refractivity contribution in [2.24, 2.45) is 11.7 Å². The molecule has 2 N–H and O–H groups in total. The van der Waals surface area contributed by atoms with E-state index in [0.29, 0.717) is 5.92 Å². The zero-order valence-corrected chi connectivity index (χ0v) is 15.4. The number of amides is 1. The van der Waals surface area contributed by atoms with Crippen molar-refractivity contribution in [3.63, 3.8) is 0 Å². The van der Waals surface area contributed by atoms with E-state index < -0.39 is 0 Å². The number of likely N-dealkylation sites (tertiary alicyclic amines) is 1. The summed E-state index contributed by atoms with van der Waals surface area (Å²) >= 11 is 1.75. The fraction of sp³-hybridized carbons (Fsp3) is 0.632. The van der Waals surface area contributed by atoms with Gasteiger partial charge in [0.15, 0.2) is 0 Å². The second-order valence-corrected chi connectivity index (χ2v) is 7.97. The maximum atomic E-state index is 12.4. The number of anilines is 1.